The van der Waals surface area contributed by atoms with Gasteiger partial charge in [0.15, 0.2) is 0 Å². The summed E-state index contributed by atoms with van der Waals surface area (Å²) < 4.78 is 6.06. The van der Waals surface area contributed by atoms with Crippen LogP contribution in [0.2, 0.25) is 0 Å². The topological polar surface area (TPSA) is 19.0 Å². The zero-order valence-electron chi connectivity index (χ0n) is 13.0. The second kappa shape index (κ2) is 6.60. The van der Waals surface area contributed by atoms with Gasteiger partial charge in [-0.3, -0.25) is 0 Å². The number of nitrogens with zero attached hydrogens (tertiary/aromatic N) is 3. The highest BCUT2D eigenvalue weighted by atomic mass is 16.5. The molecule has 21 heavy (non-hydrogen) atoms. The van der Waals surface area contributed by atoms with Crippen LogP contribution in [0.5, 0.6) is 0 Å². The van der Waals surface area contributed by atoms with Crippen LogP contribution < -0.4 is 0 Å². The van der Waals surface area contributed by atoms with E-state index in [2.05, 4.69) is 71.7 Å². The van der Waals surface area contributed by atoms with E-state index in [1.807, 2.05) is 0 Å². The Morgan fingerprint density at radius 3 is 2.57 bits per heavy atom. The quantitative estimate of drug-likeness (QED) is 0.829. The predicted octanol–water partition coefficient (Wildman–Crippen LogP) is 2.82. The van der Waals surface area contributed by atoms with Crippen molar-refractivity contribution in [3.63, 3.8) is 0 Å². The first-order valence-electron chi connectivity index (χ1n) is 7.93. The molecule has 2 unspecified atom stereocenters. The molecule has 0 aromatic heterocycles. The van der Waals surface area contributed by atoms with Crippen LogP contribution >= 0.6 is 0 Å². The van der Waals surface area contributed by atoms with Crippen LogP contribution in [0.1, 0.15) is 31.4 Å². The molecule has 4 nitrogen and oxygen atoms in total. The second-order valence-corrected chi connectivity index (χ2v) is 5.67. The summed E-state index contributed by atoms with van der Waals surface area (Å²) in [4.78, 5) is 0. The maximum absolute atomic E-state index is 6.06. The number of likely N-dealkylation sites (N-methyl/N-ethyl adjacent to an activating group) is 1. The van der Waals surface area contributed by atoms with Gasteiger partial charge in [0.05, 0.1) is 6.04 Å². The molecule has 114 valence electrons. The Morgan fingerprint density at radius 2 is 1.90 bits per heavy atom. The third-order valence-electron chi connectivity index (χ3n) is 4.33. The van der Waals surface area contributed by atoms with Gasteiger partial charge in [-0.05, 0) is 31.4 Å². The van der Waals surface area contributed by atoms with Crippen molar-refractivity contribution in [2.24, 2.45) is 0 Å². The van der Waals surface area contributed by atoms with Crippen molar-refractivity contribution in [3.8, 4) is 0 Å². The molecule has 2 atom stereocenters. The maximum Gasteiger partial charge on any atom is 0.103 e. The molecule has 1 aromatic carbocycles. The summed E-state index contributed by atoms with van der Waals surface area (Å²) in [5.74, 6) is 0. The van der Waals surface area contributed by atoms with Crippen LogP contribution in [0.4, 0.5) is 0 Å². The van der Waals surface area contributed by atoms with E-state index in [1.165, 1.54) is 18.4 Å². The normalized spacial score (nSPS) is 24.9. The van der Waals surface area contributed by atoms with Crippen LogP contribution in [-0.2, 0) is 4.74 Å². The van der Waals surface area contributed by atoms with Crippen LogP contribution in [0, 0.1) is 0 Å². The summed E-state index contributed by atoms with van der Waals surface area (Å²) in [6, 6.07) is 10.8. The predicted molar refractivity (Wildman–Crippen MR) is 84.1 cm³/mol. The maximum atomic E-state index is 6.06. The number of hydrogen-bond acceptors (Lipinski definition) is 4. The highest BCUT2D eigenvalue weighted by molar-refractivity contribution is 5.22. The molecule has 0 N–H and O–H groups in total. The molecule has 1 fully saturated rings. The fourth-order valence-electron chi connectivity index (χ4n) is 3.24. The molecule has 0 amide bonds. The van der Waals surface area contributed by atoms with E-state index < -0.39 is 0 Å². The third kappa shape index (κ3) is 2.98. The molecule has 0 radical (unpaired) electrons. The van der Waals surface area contributed by atoms with E-state index in [9.17, 15) is 0 Å². The third-order valence-corrected chi connectivity index (χ3v) is 4.33. The number of rotatable bonds is 5. The van der Waals surface area contributed by atoms with Gasteiger partial charge in [-0.1, -0.05) is 30.3 Å². The number of hydrogen-bond donors (Lipinski definition) is 0. The zero-order chi connectivity index (χ0) is 14.7. The molecule has 2 aliphatic rings. The first-order chi connectivity index (χ1) is 10.3. The average Bonchev–Trinajstić information content (AvgIpc) is 3.15. The first-order valence-corrected chi connectivity index (χ1v) is 7.93. The molecule has 0 aliphatic carbocycles. The summed E-state index contributed by atoms with van der Waals surface area (Å²) in [6.45, 7) is 5.08. The smallest absolute Gasteiger partial charge is 0.103 e. The lowest BCUT2D eigenvalue weighted by atomic mass is 10.0. The lowest BCUT2D eigenvalue weighted by Gasteiger charge is -2.38. The lowest BCUT2D eigenvalue weighted by molar-refractivity contribution is -0.142. The van der Waals surface area contributed by atoms with E-state index >= 15 is 0 Å². The number of ether oxygens (including phenoxy) is 1. The fourth-order valence-corrected chi connectivity index (χ4v) is 3.24. The molecular formula is C17H25N3O. The molecule has 2 heterocycles. The van der Waals surface area contributed by atoms with Crippen LogP contribution in [-0.4, -0.2) is 47.9 Å². The standard InChI is InChI=1S/C17H25N3O/c1-3-21-17(15-9-5-4-6-10-15)16-11-14-20(18(16)2)19-12-7-8-13-19/h4-6,9-11,14,16-17H,3,7-8,12-13H2,1-2H3. The van der Waals surface area contributed by atoms with Gasteiger partial charge in [0.1, 0.15) is 6.10 Å². The second-order valence-electron chi connectivity index (χ2n) is 5.67. The Bertz CT molecular complexity index is 470. The van der Waals surface area contributed by atoms with E-state index in [1.54, 1.807) is 0 Å². The molecular weight excluding hydrogens is 262 g/mol. The van der Waals surface area contributed by atoms with Crippen molar-refractivity contribution < 1.29 is 4.74 Å². The van der Waals surface area contributed by atoms with Crippen molar-refractivity contribution >= 4 is 0 Å². The molecule has 2 aliphatic heterocycles. The van der Waals surface area contributed by atoms with Crippen molar-refractivity contribution in [1.29, 1.82) is 0 Å². The fraction of sp³-hybridized carbons (Fsp3) is 0.529. The van der Waals surface area contributed by atoms with Crippen molar-refractivity contribution in [3.05, 3.63) is 48.2 Å². The summed E-state index contributed by atoms with van der Waals surface area (Å²) in [6.07, 6.45) is 7.09. The van der Waals surface area contributed by atoms with Gasteiger partial charge in [-0.15, -0.1) is 0 Å². The van der Waals surface area contributed by atoms with Gasteiger partial charge < -0.3 is 4.74 Å². The minimum atomic E-state index is 0.0741. The number of hydrazine groups is 2. The van der Waals surface area contributed by atoms with Crippen molar-refractivity contribution in [1.82, 2.24) is 15.1 Å². The minimum Gasteiger partial charge on any atom is -0.372 e. The number of benzene rings is 1. The Balaban J connectivity index is 1.76. The van der Waals surface area contributed by atoms with Gasteiger partial charge in [-0.2, -0.15) is 5.01 Å². The molecule has 0 saturated carbocycles. The van der Waals surface area contributed by atoms with Crippen LogP contribution in [0.25, 0.3) is 0 Å². The van der Waals surface area contributed by atoms with Crippen molar-refractivity contribution in [2.45, 2.75) is 31.9 Å². The SMILES string of the molecule is CCOC(c1ccccc1)C1C=CN(N2CCCC2)N1C. The summed E-state index contributed by atoms with van der Waals surface area (Å²) in [5, 5.41) is 6.95. The summed E-state index contributed by atoms with van der Waals surface area (Å²) in [5.41, 5.74) is 1.24. The Morgan fingerprint density at radius 1 is 1.19 bits per heavy atom. The molecule has 0 spiro atoms. The molecule has 0 bridgehead atoms. The molecule has 3 rings (SSSR count). The van der Waals surface area contributed by atoms with E-state index in [4.69, 9.17) is 4.74 Å². The monoisotopic (exact) mass is 287 g/mol. The zero-order valence-corrected chi connectivity index (χ0v) is 13.0. The Labute approximate surface area is 127 Å². The Hall–Kier alpha value is -1.36. The first kappa shape index (κ1) is 14.6. The average molecular weight is 287 g/mol. The van der Waals surface area contributed by atoms with Crippen LogP contribution in [0.15, 0.2) is 42.6 Å². The molecule has 1 saturated heterocycles. The summed E-state index contributed by atoms with van der Waals surface area (Å²) in [7, 11) is 2.15. The van der Waals surface area contributed by atoms with E-state index in [-0.39, 0.29) is 12.1 Å². The van der Waals surface area contributed by atoms with Gasteiger partial charge in [0.2, 0.25) is 0 Å². The highest BCUT2D eigenvalue weighted by Gasteiger charge is 2.34. The summed E-state index contributed by atoms with van der Waals surface area (Å²) >= 11 is 0. The van der Waals surface area contributed by atoms with Crippen LogP contribution in [0.3, 0.4) is 0 Å². The Kier molecular flexibility index (Phi) is 4.58. The molecule has 4 heteroatoms. The van der Waals surface area contributed by atoms with Gasteiger partial charge in [0, 0.05) is 32.9 Å². The van der Waals surface area contributed by atoms with Crippen molar-refractivity contribution in [2.75, 3.05) is 26.7 Å². The van der Waals surface area contributed by atoms with Gasteiger partial charge in [-0.25, -0.2) is 10.1 Å². The molecule has 1 aromatic rings. The van der Waals surface area contributed by atoms with Gasteiger partial charge >= 0.3 is 0 Å². The van der Waals surface area contributed by atoms with Gasteiger partial charge in [0.25, 0.3) is 0 Å². The largest absolute Gasteiger partial charge is 0.372 e. The minimum absolute atomic E-state index is 0.0741. The van der Waals surface area contributed by atoms with E-state index in [0.29, 0.717) is 0 Å². The van der Waals surface area contributed by atoms with E-state index in [0.717, 1.165) is 19.7 Å². The highest BCUT2D eigenvalue weighted by Crippen LogP contribution is 2.31. The lowest BCUT2D eigenvalue weighted by Crippen LogP contribution is -2.49.